The molecule has 15 heavy (non-hydrogen) atoms. The lowest BCUT2D eigenvalue weighted by Gasteiger charge is -2.29. The number of esters is 1. The quantitative estimate of drug-likeness (QED) is 0.708. The van der Waals surface area contributed by atoms with E-state index in [4.69, 9.17) is 9.47 Å². The van der Waals surface area contributed by atoms with Crippen molar-refractivity contribution in [2.24, 2.45) is 0 Å². The number of ether oxygens (including phenoxy) is 2. The molecule has 3 heteroatoms. The third kappa shape index (κ3) is 1.58. The van der Waals surface area contributed by atoms with Crippen LogP contribution in [0.1, 0.15) is 24.0 Å². The summed E-state index contributed by atoms with van der Waals surface area (Å²) in [4.78, 5) is 11.6. The first kappa shape index (κ1) is 10.0. The van der Waals surface area contributed by atoms with Crippen LogP contribution in [0.25, 0.3) is 0 Å². The number of carbonyl (C=O) groups is 1. The first-order valence-corrected chi connectivity index (χ1v) is 5.10. The fourth-order valence-electron chi connectivity index (χ4n) is 1.98. The summed E-state index contributed by atoms with van der Waals surface area (Å²) in [7, 11) is 1.62. The number of carbonyl (C=O) groups excluding carboxylic acids is 1. The van der Waals surface area contributed by atoms with Crippen molar-refractivity contribution in [3.63, 3.8) is 0 Å². The third-order valence-electron chi connectivity index (χ3n) is 2.72. The highest BCUT2D eigenvalue weighted by molar-refractivity contribution is 5.83. The summed E-state index contributed by atoms with van der Waals surface area (Å²) in [5.74, 6) is 0.516. The van der Waals surface area contributed by atoms with Crippen LogP contribution in [-0.4, -0.2) is 19.7 Å². The van der Waals surface area contributed by atoms with Crippen molar-refractivity contribution in [3.05, 3.63) is 29.3 Å². The molecule has 1 unspecified atom stereocenters. The Kier molecular flexibility index (Phi) is 2.62. The maximum atomic E-state index is 11.6. The SMILES string of the molecule is CCOC(=O)C1Cc2cccc(OC)c21. The molecule has 0 aromatic heterocycles. The molecule has 1 aromatic rings. The maximum Gasteiger partial charge on any atom is 0.313 e. The fraction of sp³-hybridized carbons (Fsp3) is 0.417. The van der Waals surface area contributed by atoms with E-state index in [1.165, 1.54) is 5.56 Å². The van der Waals surface area contributed by atoms with Gasteiger partial charge in [-0.05, 0) is 25.0 Å². The number of hydrogen-bond donors (Lipinski definition) is 0. The van der Waals surface area contributed by atoms with Gasteiger partial charge in [0.1, 0.15) is 5.75 Å². The lowest BCUT2D eigenvalue weighted by molar-refractivity contribution is -0.145. The summed E-state index contributed by atoms with van der Waals surface area (Å²) in [6.07, 6.45) is 0.769. The Hall–Kier alpha value is -1.51. The van der Waals surface area contributed by atoms with Crippen LogP contribution in [-0.2, 0) is 16.0 Å². The molecule has 1 aliphatic rings. The second-order valence-electron chi connectivity index (χ2n) is 3.54. The van der Waals surface area contributed by atoms with Crippen molar-refractivity contribution in [3.8, 4) is 5.75 Å². The molecule has 0 saturated heterocycles. The third-order valence-corrected chi connectivity index (χ3v) is 2.72. The first-order valence-electron chi connectivity index (χ1n) is 5.10. The average molecular weight is 206 g/mol. The van der Waals surface area contributed by atoms with Gasteiger partial charge in [-0.1, -0.05) is 12.1 Å². The number of methoxy groups -OCH3 is 1. The van der Waals surface area contributed by atoms with E-state index in [2.05, 4.69) is 0 Å². The van der Waals surface area contributed by atoms with Crippen molar-refractivity contribution in [1.82, 2.24) is 0 Å². The van der Waals surface area contributed by atoms with Gasteiger partial charge in [0.2, 0.25) is 0 Å². The first-order chi connectivity index (χ1) is 7.27. The molecule has 0 N–H and O–H groups in total. The number of hydrogen-bond acceptors (Lipinski definition) is 3. The minimum absolute atomic E-state index is 0.129. The summed E-state index contributed by atoms with van der Waals surface area (Å²) in [5, 5.41) is 0. The highest BCUT2D eigenvalue weighted by Gasteiger charge is 2.36. The molecule has 0 heterocycles. The van der Waals surface area contributed by atoms with E-state index in [1.807, 2.05) is 25.1 Å². The Bertz CT molecular complexity index is 384. The van der Waals surface area contributed by atoms with E-state index < -0.39 is 0 Å². The molecule has 0 spiro atoms. The molecule has 0 aliphatic heterocycles. The van der Waals surface area contributed by atoms with Gasteiger partial charge in [0.05, 0.1) is 19.6 Å². The highest BCUT2D eigenvalue weighted by Crippen LogP contribution is 2.42. The Balaban J connectivity index is 2.24. The Morgan fingerprint density at radius 1 is 1.53 bits per heavy atom. The van der Waals surface area contributed by atoms with E-state index in [-0.39, 0.29) is 11.9 Å². The van der Waals surface area contributed by atoms with E-state index in [0.717, 1.165) is 17.7 Å². The van der Waals surface area contributed by atoms with Gasteiger partial charge < -0.3 is 9.47 Å². The Morgan fingerprint density at radius 3 is 3.00 bits per heavy atom. The second-order valence-corrected chi connectivity index (χ2v) is 3.54. The highest BCUT2D eigenvalue weighted by atomic mass is 16.5. The normalized spacial score (nSPS) is 17.6. The van der Waals surface area contributed by atoms with Gasteiger partial charge in [-0.25, -0.2) is 0 Å². The van der Waals surface area contributed by atoms with Crippen LogP contribution >= 0.6 is 0 Å². The van der Waals surface area contributed by atoms with Crippen molar-refractivity contribution in [2.45, 2.75) is 19.3 Å². The Morgan fingerprint density at radius 2 is 2.33 bits per heavy atom. The summed E-state index contributed by atoms with van der Waals surface area (Å²) in [6.45, 7) is 2.25. The average Bonchev–Trinajstić information content (AvgIpc) is 2.19. The van der Waals surface area contributed by atoms with Crippen molar-refractivity contribution in [1.29, 1.82) is 0 Å². The van der Waals surface area contributed by atoms with Gasteiger partial charge in [0.15, 0.2) is 0 Å². The predicted molar refractivity (Wildman–Crippen MR) is 56.1 cm³/mol. The van der Waals surface area contributed by atoms with Crippen molar-refractivity contribution in [2.75, 3.05) is 13.7 Å². The largest absolute Gasteiger partial charge is 0.496 e. The molecule has 1 aromatic carbocycles. The van der Waals surface area contributed by atoms with Gasteiger partial charge in [0.25, 0.3) is 0 Å². The van der Waals surface area contributed by atoms with E-state index in [1.54, 1.807) is 7.11 Å². The monoisotopic (exact) mass is 206 g/mol. The van der Waals surface area contributed by atoms with Crippen LogP contribution < -0.4 is 4.74 Å². The van der Waals surface area contributed by atoms with Gasteiger partial charge in [-0.15, -0.1) is 0 Å². The number of rotatable bonds is 3. The number of fused-ring (bicyclic) bond motifs is 1. The molecule has 0 radical (unpaired) electrons. The molecular weight excluding hydrogens is 192 g/mol. The van der Waals surface area contributed by atoms with Gasteiger partial charge in [-0.2, -0.15) is 0 Å². The van der Waals surface area contributed by atoms with Gasteiger partial charge in [0, 0.05) is 5.56 Å². The smallest absolute Gasteiger partial charge is 0.313 e. The molecule has 0 amide bonds. The topological polar surface area (TPSA) is 35.5 Å². The summed E-state index contributed by atoms with van der Waals surface area (Å²) in [6, 6.07) is 5.84. The molecule has 1 aliphatic carbocycles. The van der Waals surface area contributed by atoms with E-state index >= 15 is 0 Å². The summed E-state index contributed by atoms with van der Waals surface area (Å²) < 4.78 is 10.2. The van der Waals surface area contributed by atoms with Crippen LogP contribution in [0, 0.1) is 0 Å². The predicted octanol–water partition coefficient (Wildman–Crippen LogP) is 1.90. The molecule has 0 fully saturated rings. The molecule has 1 atom stereocenters. The summed E-state index contributed by atoms with van der Waals surface area (Å²) in [5.41, 5.74) is 2.19. The van der Waals surface area contributed by atoms with E-state index in [0.29, 0.717) is 6.61 Å². The summed E-state index contributed by atoms with van der Waals surface area (Å²) >= 11 is 0. The zero-order valence-electron chi connectivity index (χ0n) is 8.95. The van der Waals surface area contributed by atoms with E-state index in [9.17, 15) is 4.79 Å². The maximum absolute atomic E-state index is 11.6. The van der Waals surface area contributed by atoms with Gasteiger partial charge >= 0.3 is 5.97 Å². The van der Waals surface area contributed by atoms with Gasteiger partial charge in [-0.3, -0.25) is 4.79 Å². The molecule has 3 nitrogen and oxygen atoms in total. The Labute approximate surface area is 89.0 Å². The minimum atomic E-state index is -0.144. The fourth-order valence-corrected chi connectivity index (χ4v) is 1.98. The zero-order valence-corrected chi connectivity index (χ0v) is 8.95. The number of benzene rings is 1. The molecular formula is C12H14O3. The lowest BCUT2D eigenvalue weighted by Crippen LogP contribution is -2.27. The van der Waals surface area contributed by atoms with Crippen LogP contribution in [0.3, 0.4) is 0 Å². The minimum Gasteiger partial charge on any atom is -0.496 e. The second kappa shape index (κ2) is 3.93. The lowest BCUT2D eigenvalue weighted by atomic mass is 9.77. The molecule has 80 valence electrons. The van der Waals surface area contributed by atoms with Crippen molar-refractivity contribution < 1.29 is 14.3 Å². The van der Waals surface area contributed by atoms with Crippen LogP contribution in [0.15, 0.2) is 18.2 Å². The van der Waals surface area contributed by atoms with Crippen LogP contribution in [0.5, 0.6) is 5.75 Å². The standard InChI is InChI=1S/C12H14O3/c1-3-15-12(13)9-7-8-5-4-6-10(14-2)11(8)9/h4-6,9H,3,7H2,1-2H3. The zero-order chi connectivity index (χ0) is 10.8. The van der Waals surface area contributed by atoms with Crippen molar-refractivity contribution >= 4 is 5.97 Å². The molecule has 0 saturated carbocycles. The molecule has 0 bridgehead atoms. The van der Waals surface area contributed by atoms with Crippen LogP contribution in [0.4, 0.5) is 0 Å². The molecule has 2 rings (SSSR count). The van der Waals surface area contributed by atoms with Crippen LogP contribution in [0.2, 0.25) is 0 Å².